The molecular formula is C77H86ClF6N27. The van der Waals surface area contributed by atoms with E-state index in [1.807, 2.05) is 66.7 Å². The zero-order valence-electron chi connectivity index (χ0n) is 62.4. The summed E-state index contributed by atoms with van der Waals surface area (Å²) in [5.74, 6) is 7.14. The van der Waals surface area contributed by atoms with E-state index in [1.165, 1.54) is 99.4 Å². The highest BCUT2D eigenvalue weighted by Crippen LogP contribution is 2.42. The Morgan fingerprint density at radius 2 is 0.739 bits per heavy atom. The number of halogens is 7. The van der Waals surface area contributed by atoms with Crippen molar-refractivity contribution in [3.63, 3.8) is 0 Å². The van der Waals surface area contributed by atoms with Gasteiger partial charge in [-0.1, -0.05) is 69.6 Å². The second kappa shape index (κ2) is 35.3. The van der Waals surface area contributed by atoms with Crippen LogP contribution in [0.25, 0.3) is 0 Å². The summed E-state index contributed by atoms with van der Waals surface area (Å²) in [5.41, 5.74) is 7.05. The topological polar surface area (TPSA) is 349 Å². The SMILES string of the molecule is CCc1nc(NC2=NCC(C3CC3)=C2)nc(N[C@@H](C)c2ccc(F)cc2)n1.CCc1nc(Nc2cc(C3CC3)[nH]n2)nc(NC(C)c2c(F)cccc2F)n1.CCc1nc(Nc2cc(C3CC3)[nH]n2)nc(NC(C)c2ccc(F)c(Cl)c2)n1.CCc1nc(Nc2cc(C3CC3)[nH]n2)nc(NC(C)c2ccc(F)c(F)c2)n1. The lowest BCUT2D eigenvalue weighted by atomic mass is 10.1. The first-order valence-electron chi connectivity index (χ1n) is 37.3. The highest BCUT2D eigenvalue weighted by atomic mass is 35.5. The van der Waals surface area contributed by atoms with Crippen LogP contribution in [-0.2, 0) is 25.7 Å². The Morgan fingerprint density at radius 1 is 0.378 bits per heavy atom. The molecular weight excluding hydrogens is 1450 g/mol. The molecule has 0 radical (unpaired) electrons. The second-order valence-electron chi connectivity index (χ2n) is 27.7. The van der Waals surface area contributed by atoms with Crippen LogP contribution in [0.1, 0.15) is 211 Å². The molecule has 27 nitrogen and oxygen atoms in total. The van der Waals surface area contributed by atoms with E-state index in [4.69, 9.17) is 11.6 Å². The van der Waals surface area contributed by atoms with E-state index in [0.717, 1.165) is 52.7 Å². The highest BCUT2D eigenvalue weighted by Gasteiger charge is 2.30. The first-order chi connectivity index (χ1) is 53.7. The highest BCUT2D eigenvalue weighted by molar-refractivity contribution is 6.30. The van der Waals surface area contributed by atoms with Crippen LogP contribution in [-0.4, -0.2) is 103 Å². The normalized spacial score (nSPS) is 15.3. The average Bonchev–Trinajstić information content (AvgIpc) is 1.04. The minimum atomic E-state index is -0.886. The minimum absolute atomic E-state index is 0.0585. The van der Waals surface area contributed by atoms with E-state index in [1.54, 1.807) is 31.2 Å². The van der Waals surface area contributed by atoms with E-state index in [-0.39, 0.29) is 40.5 Å². The fourth-order valence-electron chi connectivity index (χ4n) is 11.8. The number of hydrogen-bond acceptors (Lipinski definition) is 24. The second-order valence-corrected chi connectivity index (χ2v) is 28.1. The summed E-state index contributed by atoms with van der Waals surface area (Å²) >= 11 is 5.89. The summed E-state index contributed by atoms with van der Waals surface area (Å²) in [6, 6.07) is 23.3. The summed E-state index contributed by atoms with van der Waals surface area (Å²) in [4.78, 5) is 57.4. The van der Waals surface area contributed by atoms with Gasteiger partial charge in [0.15, 0.2) is 29.1 Å². The molecule has 111 heavy (non-hydrogen) atoms. The molecule has 3 unspecified atom stereocenters. The largest absolute Gasteiger partial charge is 0.348 e. The van der Waals surface area contributed by atoms with Gasteiger partial charge < -0.3 is 42.5 Å². The van der Waals surface area contributed by atoms with Crippen molar-refractivity contribution in [3.8, 4) is 0 Å². The van der Waals surface area contributed by atoms with E-state index in [0.29, 0.717) is 137 Å². The van der Waals surface area contributed by atoms with Crippen LogP contribution >= 0.6 is 11.6 Å². The van der Waals surface area contributed by atoms with Gasteiger partial charge in [-0.3, -0.25) is 20.3 Å². The third kappa shape index (κ3) is 21.4. The number of anilines is 11. The third-order valence-electron chi connectivity index (χ3n) is 18.7. The number of aryl methyl sites for hydroxylation is 4. The lowest BCUT2D eigenvalue weighted by molar-refractivity contribution is 0.506. The first kappa shape index (κ1) is 77.4. The fraction of sp³-hybridized carbons (Fsp3) is 0.377. The number of H-pyrrole nitrogens is 3. The number of hydrogen-bond donors (Lipinski definition) is 11. The van der Waals surface area contributed by atoms with Gasteiger partial charge >= 0.3 is 0 Å². The Kier molecular flexibility index (Phi) is 24.6. The lowest BCUT2D eigenvalue weighted by Gasteiger charge is -2.16. The standard InChI is InChI=1S/C20H23FN6.C19H21ClFN7.2C19H21F2N7/c1-3-17-24-19(23-12(2)13-6-8-16(21)9-7-13)27-20(25-17)26-18-10-15(11-22-18)14-4-5-14;1-3-16-23-18(22-10(2)12-6-7-14(21)13(20)8-12)26-19(24-16)25-17-9-15(27-28-17)11-4-5-11;1-3-16-23-18(22-10(2)12-6-7-13(20)14(21)8-12)26-19(24-16)25-17-9-15(27-28-17)11-4-5-11;1-3-15-23-18(22-10(2)17-12(20)5-4-6-13(17)21)26-19(24-15)25-16-9-14(27-28-16)11-7-8-11/h6-10,12,14H,3-5,11H2,1-2H3,(H2,22,23,24,25,26,27);2*6-11H,3-5H2,1-2H3,(H3,22,23,24,25,26,27,28);4-6,9-11H,3,7-8H2,1-2H3,(H3,22,23,24,25,26,27,28)/t12-;;;/m0.../s1. The van der Waals surface area contributed by atoms with Gasteiger partial charge in [0.05, 0.1) is 35.7 Å². The molecule has 5 aliphatic rings. The smallest absolute Gasteiger partial charge is 0.233 e. The molecule has 4 saturated carbocycles. The van der Waals surface area contributed by atoms with Crippen molar-refractivity contribution in [2.75, 3.05) is 49.1 Å². The molecule has 16 rings (SSSR count). The molecule has 0 spiro atoms. The van der Waals surface area contributed by atoms with Crippen molar-refractivity contribution < 1.29 is 26.3 Å². The van der Waals surface area contributed by atoms with Crippen LogP contribution in [0.5, 0.6) is 0 Å². The Balaban J connectivity index is 0.000000130. The minimum Gasteiger partial charge on any atom is -0.348 e. The Bertz CT molecular complexity index is 4920. The summed E-state index contributed by atoms with van der Waals surface area (Å²) in [7, 11) is 0. The van der Waals surface area contributed by atoms with Crippen molar-refractivity contribution >= 4 is 82.5 Å². The Hall–Kier alpha value is -11.8. The van der Waals surface area contributed by atoms with Gasteiger partial charge in [0, 0.05) is 84.3 Å². The number of aromatic nitrogens is 18. The lowest BCUT2D eigenvalue weighted by Crippen LogP contribution is -2.16. The van der Waals surface area contributed by atoms with Crippen molar-refractivity contribution in [1.29, 1.82) is 0 Å². The molecule has 1 aliphatic heterocycles. The van der Waals surface area contributed by atoms with E-state index < -0.39 is 35.1 Å². The van der Waals surface area contributed by atoms with Gasteiger partial charge in [0.2, 0.25) is 47.6 Å². The number of amidine groups is 1. The van der Waals surface area contributed by atoms with Crippen molar-refractivity contribution in [3.05, 3.63) is 211 Å². The molecule has 578 valence electrons. The molecule has 11 N–H and O–H groups in total. The van der Waals surface area contributed by atoms with Crippen LogP contribution in [0, 0.1) is 40.8 Å². The van der Waals surface area contributed by atoms with Crippen molar-refractivity contribution in [1.82, 2.24) is 90.4 Å². The van der Waals surface area contributed by atoms with Crippen molar-refractivity contribution in [2.45, 2.75) is 174 Å². The van der Waals surface area contributed by atoms with Gasteiger partial charge in [-0.2, -0.15) is 75.1 Å². The maximum atomic E-state index is 14.0. The maximum absolute atomic E-state index is 14.0. The molecule has 8 heterocycles. The maximum Gasteiger partial charge on any atom is 0.233 e. The monoisotopic (exact) mass is 1540 g/mol. The van der Waals surface area contributed by atoms with Gasteiger partial charge in [0.25, 0.3) is 0 Å². The van der Waals surface area contributed by atoms with E-state index >= 15 is 0 Å². The molecule has 0 saturated heterocycles. The summed E-state index contributed by atoms with van der Waals surface area (Å²) < 4.78 is 81.3. The van der Waals surface area contributed by atoms with Gasteiger partial charge in [-0.05, 0) is 162 Å². The van der Waals surface area contributed by atoms with Gasteiger partial charge in [-0.25, -0.2) is 26.3 Å². The quantitative estimate of drug-likeness (QED) is 0.0213. The molecule has 4 atom stereocenters. The third-order valence-corrected chi connectivity index (χ3v) is 19.0. The van der Waals surface area contributed by atoms with Crippen LogP contribution in [0.3, 0.4) is 0 Å². The summed E-state index contributed by atoms with van der Waals surface area (Å²) in [5, 5.41) is 47.0. The van der Waals surface area contributed by atoms with Crippen LogP contribution < -0.4 is 42.5 Å². The van der Waals surface area contributed by atoms with Gasteiger partial charge in [-0.15, -0.1) is 0 Å². The zero-order chi connectivity index (χ0) is 77.8. The number of aliphatic imine (C=N–C) groups is 1. The van der Waals surface area contributed by atoms with Crippen LogP contribution in [0.15, 0.2) is 114 Å². The van der Waals surface area contributed by atoms with Crippen LogP contribution in [0.2, 0.25) is 5.02 Å². The molecule has 11 aromatic rings. The zero-order valence-corrected chi connectivity index (χ0v) is 63.2. The summed E-state index contributed by atoms with van der Waals surface area (Å²) in [6.07, 6.45) is 14.3. The molecule has 7 aromatic heterocycles. The molecule has 4 fully saturated rings. The Morgan fingerprint density at radius 3 is 1.13 bits per heavy atom. The summed E-state index contributed by atoms with van der Waals surface area (Å²) in [6.45, 7) is 16.0. The molecule has 34 heteroatoms. The number of nitrogens with one attached hydrogen (secondary N) is 11. The molecule has 4 aromatic carbocycles. The number of benzene rings is 4. The molecule has 0 amide bonds. The van der Waals surface area contributed by atoms with E-state index in [9.17, 15) is 26.3 Å². The van der Waals surface area contributed by atoms with Crippen molar-refractivity contribution in [2.24, 2.45) is 10.9 Å². The fourth-order valence-corrected chi connectivity index (χ4v) is 12.0. The number of nitrogens with zero attached hydrogens (tertiary/aromatic N) is 16. The van der Waals surface area contributed by atoms with Crippen LogP contribution in [0.4, 0.5) is 91.4 Å². The predicted octanol–water partition coefficient (Wildman–Crippen LogP) is 17.1. The van der Waals surface area contributed by atoms with E-state index in [2.05, 4.69) is 144 Å². The first-order valence-corrected chi connectivity index (χ1v) is 37.7. The molecule has 0 bridgehead atoms. The number of aromatic amines is 3. The van der Waals surface area contributed by atoms with Gasteiger partial charge in [0.1, 0.15) is 52.4 Å². The predicted molar refractivity (Wildman–Crippen MR) is 414 cm³/mol. The number of rotatable bonds is 27. The molecule has 4 aliphatic carbocycles. The average molecular weight is 1540 g/mol. The Labute approximate surface area is 641 Å².